The Morgan fingerprint density at radius 2 is 1.73 bits per heavy atom. The topological polar surface area (TPSA) is 37.3 Å². The summed E-state index contributed by atoms with van der Waals surface area (Å²) < 4.78 is 0. The number of hydrogen-bond acceptors (Lipinski definition) is 2. The molecule has 11 heavy (non-hydrogen) atoms. The van der Waals surface area contributed by atoms with Crippen LogP contribution in [-0.2, 0) is 4.79 Å². The Bertz CT molecular complexity index is 156. The minimum absolute atomic E-state index is 0.0359. The Labute approximate surface area is 67.6 Å². The summed E-state index contributed by atoms with van der Waals surface area (Å²) in [6, 6.07) is 0. The van der Waals surface area contributed by atoms with Gasteiger partial charge in [-0.25, -0.2) is 0 Å². The maximum atomic E-state index is 11.3. The van der Waals surface area contributed by atoms with Gasteiger partial charge < -0.3 is 5.11 Å². The van der Waals surface area contributed by atoms with Gasteiger partial charge in [0.25, 0.3) is 0 Å². The first-order valence-corrected chi connectivity index (χ1v) is 4.18. The maximum absolute atomic E-state index is 11.3. The highest BCUT2D eigenvalue weighted by molar-refractivity contribution is 5.83. The zero-order valence-corrected chi connectivity index (χ0v) is 7.42. The molecular weight excluding hydrogens is 140 g/mol. The molecule has 1 rings (SSSR count). The van der Waals surface area contributed by atoms with Crippen LogP contribution in [0.4, 0.5) is 0 Å². The Kier molecular flexibility index (Phi) is 2.06. The largest absolute Gasteiger partial charge is 0.390 e. The van der Waals surface area contributed by atoms with E-state index in [2.05, 4.69) is 0 Å². The van der Waals surface area contributed by atoms with Gasteiger partial charge in [0.05, 0.1) is 5.60 Å². The predicted molar refractivity (Wildman–Crippen MR) is 43.2 cm³/mol. The van der Waals surface area contributed by atoms with Crippen LogP contribution >= 0.6 is 0 Å². The Morgan fingerprint density at radius 1 is 1.36 bits per heavy atom. The molecule has 1 unspecified atom stereocenters. The monoisotopic (exact) mass is 156 g/mol. The first-order valence-electron chi connectivity index (χ1n) is 4.18. The van der Waals surface area contributed by atoms with Gasteiger partial charge in [0.1, 0.15) is 5.78 Å². The number of carbonyl (C=O) groups excluding carboxylic acids is 1. The standard InChI is InChI=1S/C9H16O2/c1-6-4-9(3,11)5-7(2)8(6)10/h6-7,11H,4-5H2,1-3H3/t6-,7+,9?. The van der Waals surface area contributed by atoms with E-state index in [0.717, 1.165) is 0 Å². The van der Waals surface area contributed by atoms with Gasteiger partial charge in [-0.1, -0.05) is 13.8 Å². The van der Waals surface area contributed by atoms with Crippen LogP contribution in [0.5, 0.6) is 0 Å². The van der Waals surface area contributed by atoms with Crippen molar-refractivity contribution in [3.8, 4) is 0 Å². The second-order valence-corrected chi connectivity index (χ2v) is 4.11. The number of hydrogen-bond donors (Lipinski definition) is 1. The van der Waals surface area contributed by atoms with Gasteiger partial charge in [-0.05, 0) is 19.8 Å². The zero-order valence-electron chi connectivity index (χ0n) is 7.42. The minimum Gasteiger partial charge on any atom is -0.390 e. The molecule has 0 aromatic carbocycles. The van der Waals surface area contributed by atoms with E-state index < -0.39 is 5.60 Å². The van der Waals surface area contributed by atoms with Crippen molar-refractivity contribution in [1.29, 1.82) is 0 Å². The molecule has 0 bridgehead atoms. The molecule has 0 aromatic rings. The van der Waals surface area contributed by atoms with E-state index in [1.807, 2.05) is 20.8 Å². The average Bonchev–Trinajstić information content (AvgIpc) is 1.81. The molecule has 0 saturated heterocycles. The van der Waals surface area contributed by atoms with Crippen molar-refractivity contribution in [2.24, 2.45) is 11.8 Å². The summed E-state index contributed by atoms with van der Waals surface area (Å²) >= 11 is 0. The molecule has 1 N–H and O–H groups in total. The lowest BCUT2D eigenvalue weighted by Crippen LogP contribution is -2.40. The molecule has 1 aliphatic carbocycles. The first-order chi connectivity index (χ1) is 4.92. The molecule has 3 atom stereocenters. The molecule has 0 amide bonds. The van der Waals surface area contributed by atoms with Crippen molar-refractivity contribution in [1.82, 2.24) is 0 Å². The normalized spacial score (nSPS) is 46.0. The molecule has 2 heteroatoms. The van der Waals surface area contributed by atoms with Gasteiger partial charge in [-0.3, -0.25) is 4.79 Å². The highest BCUT2D eigenvalue weighted by Crippen LogP contribution is 2.32. The van der Waals surface area contributed by atoms with E-state index in [4.69, 9.17) is 0 Å². The van der Waals surface area contributed by atoms with Gasteiger partial charge in [0.2, 0.25) is 0 Å². The van der Waals surface area contributed by atoms with E-state index in [-0.39, 0.29) is 11.8 Å². The molecule has 1 saturated carbocycles. The number of carbonyl (C=O) groups is 1. The van der Waals surface area contributed by atoms with E-state index in [1.165, 1.54) is 0 Å². The van der Waals surface area contributed by atoms with Gasteiger partial charge in [-0.15, -0.1) is 0 Å². The van der Waals surface area contributed by atoms with Crippen LogP contribution in [0.15, 0.2) is 0 Å². The fraction of sp³-hybridized carbons (Fsp3) is 0.889. The van der Waals surface area contributed by atoms with Crippen molar-refractivity contribution in [3.63, 3.8) is 0 Å². The third kappa shape index (κ3) is 1.80. The van der Waals surface area contributed by atoms with Crippen molar-refractivity contribution >= 4 is 5.78 Å². The number of rotatable bonds is 0. The molecule has 0 heterocycles. The third-order valence-corrected chi connectivity index (χ3v) is 2.46. The summed E-state index contributed by atoms with van der Waals surface area (Å²) in [6.45, 7) is 5.60. The van der Waals surface area contributed by atoms with Gasteiger partial charge in [-0.2, -0.15) is 0 Å². The zero-order chi connectivity index (χ0) is 8.65. The number of aliphatic hydroxyl groups is 1. The summed E-state index contributed by atoms with van der Waals surface area (Å²) in [6.07, 6.45) is 1.24. The molecule has 0 aromatic heterocycles. The molecule has 1 aliphatic rings. The Hall–Kier alpha value is -0.370. The summed E-state index contributed by atoms with van der Waals surface area (Å²) in [4.78, 5) is 11.3. The van der Waals surface area contributed by atoms with Crippen LogP contribution in [0.2, 0.25) is 0 Å². The second kappa shape index (κ2) is 2.59. The van der Waals surface area contributed by atoms with Crippen LogP contribution in [0.3, 0.4) is 0 Å². The third-order valence-electron chi connectivity index (χ3n) is 2.46. The number of Topliss-reactive ketones (excluding diaryl/α,β-unsaturated/α-hetero) is 1. The highest BCUT2D eigenvalue weighted by Gasteiger charge is 2.37. The van der Waals surface area contributed by atoms with Gasteiger partial charge >= 0.3 is 0 Å². The predicted octanol–water partition coefficient (Wildman–Crippen LogP) is 1.37. The summed E-state index contributed by atoms with van der Waals surface area (Å²) in [7, 11) is 0. The van der Waals surface area contributed by atoms with E-state index in [1.54, 1.807) is 0 Å². The quantitative estimate of drug-likeness (QED) is 0.575. The molecule has 0 aliphatic heterocycles. The van der Waals surface area contributed by atoms with Crippen molar-refractivity contribution < 1.29 is 9.90 Å². The molecule has 2 nitrogen and oxygen atoms in total. The summed E-state index contributed by atoms with van der Waals surface area (Å²) in [5, 5.41) is 9.68. The lowest BCUT2D eigenvalue weighted by Gasteiger charge is -2.34. The van der Waals surface area contributed by atoms with Crippen molar-refractivity contribution in [2.75, 3.05) is 0 Å². The lowest BCUT2D eigenvalue weighted by atomic mass is 9.74. The smallest absolute Gasteiger partial charge is 0.138 e. The Morgan fingerprint density at radius 3 is 2.09 bits per heavy atom. The van der Waals surface area contributed by atoms with E-state index in [0.29, 0.717) is 18.6 Å². The minimum atomic E-state index is -0.618. The molecule has 0 radical (unpaired) electrons. The molecule has 64 valence electrons. The van der Waals surface area contributed by atoms with E-state index >= 15 is 0 Å². The summed E-state index contributed by atoms with van der Waals surface area (Å²) in [5.74, 6) is 0.374. The molecule has 0 spiro atoms. The van der Waals surface area contributed by atoms with Crippen LogP contribution < -0.4 is 0 Å². The fourth-order valence-electron chi connectivity index (χ4n) is 2.09. The Balaban J connectivity index is 2.70. The lowest BCUT2D eigenvalue weighted by molar-refractivity contribution is -0.135. The van der Waals surface area contributed by atoms with Crippen molar-refractivity contribution in [2.45, 2.75) is 39.2 Å². The molecular formula is C9H16O2. The number of ketones is 1. The van der Waals surface area contributed by atoms with Crippen LogP contribution in [0.25, 0.3) is 0 Å². The van der Waals surface area contributed by atoms with Crippen LogP contribution in [-0.4, -0.2) is 16.5 Å². The molecule has 1 fully saturated rings. The second-order valence-electron chi connectivity index (χ2n) is 4.11. The van der Waals surface area contributed by atoms with Gasteiger partial charge in [0, 0.05) is 11.8 Å². The SMILES string of the molecule is C[C@@H]1CC(C)(O)C[C@H](C)C1=O. The van der Waals surface area contributed by atoms with Crippen LogP contribution in [0, 0.1) is 11.8 Å². The highest BCUT2D eigenvalue weighted by atomic mass is 16.3. The van der Waals surface area contributed by atoms with Crippen LogP contribution in [0.1, 0.15) is 33.6 Å². The van der Waals surface area contributed by atoms with E-state index in [9.17, 15) is 9.90 Å². The fourth-order valence-corrected chi connectivity index (χ4v) is 2.09. The first kappa shape index (κ1) is 8.72. The maximum Gasteiger partial charge on any atom is 0.138 e. The summed E-state index contributed by atoms with van der Waals surface area (Å²) in [5.41, 5.74) is -0.618. The average molecular weight is 156 g/mol. The van der Waals surface area contributed by atoms with Gasteiger partial charge in [0.15, 0.2) is 0 Å². The van der Waals surface area contributed by atoms with Crippen molar-refractivity contribution in [3.05, 3.63) is 0 Å².